The summed E-state index contributed by atoms with van der Waals surface area (Å²) in [5.41, 5.74) is 0.217. The number of rotatable bonds is 9. The highest BCUT2D eigenvalue weighted by Gasteiger charge is 2.19. The first-order chi connectivity index (χ1) is 13.4. The van der Waals surface area contributed by atoms with Gasteiger partial charge in [0.2, 0.25) is 0 Å². The second kappa shape index (κ2) is 10.5. The fraction of sp³-hybridized carbons (Fsp3) is 0.300. The molecule has 0 fully saturated rings. The Kier molecular flexibility index (Phi) is 8.07. The van der Waals surface area contributed by atoms with Crippen molar-refractivity contribution in [1.29, 1.82) is 0 Å². The quantitative estimate of drug-likeness (QED) is 0.628. The molecule has 28 heavy (non-hydrogen) atoms. The average Bonchev–Trinajstić information content (AvgIpc) is 2.67. The largest absolute Gasteiger partial charge is 0.490 e. The summed E-state index contributed by atoms with van der Waals surface area (Å²) in [5.74, 6) is -0.925. The van der Waals surface area contributed by atoms with E-state index in [-0.39, 0.29) is 17.3 Å². The molecule has 8 heteroatoms. The molecule has 2 aromatic rings. The Morgan fingerprint density at radius 3 is 2.46 bits per heavy atom. The number of benzene rings is 2. The van der Waals surface area contributed by atoms with Gasteiger partial charge in [-0.2, -0.15) is 0 Å². The van der Waals surface area contributed by atoms with E-state index in [2.05, 4.69) is 5.32 Å². The molecule has 0 saturated carbocycles. The number of anilines is 1. The molecule has 2 rings (SSSR count). The van der Waals surface area contributed by atoms with E-state index in [4.69, 9.17) is 25.8 Å². The van der Waals surface area contributed by atoms with E-state index >= 15 is 0 Å². The zero-order chi connectivity index (χ0) is 20.5. The third-order valence-electron chi connectivity index (χ3n) is 3.52. The molecular formula is C20H21ClFNO5. The SMILES string of the molecule is CCCOc1ccccc1OCC(=O)O[C@H](C)C(=O)Nc1ccc(F)cc1Cl. The summed E-state index contributed by atoms with van der Waals surface area (Å²) >= 11 is 5.86. The fourth-order valence-corrected chi connectivity index (χ4v) is 2.36. The van der Waals surface area contributed by atoms with Crippen molar-refractivity contribution in [3.8, 4) is 11.5 Å². The normalized spacial score (nSPS) is 11.4. The average molecular weight is 410 g/mol. The third kappa shape index (κ3) is 6.42. The molecule has 0 radical (unpaired) electrons. The molecule has 0 heterocycles. The Morgan fingerprint density at radius 1 is 1.14 bits per heavy atom. The molecule has 1 atom stereocenters. The summed E-state index contributed by atoms with van der Waals surface area (Å²) in [7, 11) is 0. The van der Waals surface area contributed by atoms with Crippen LogP contribution in [0.5, 0.6) is 11.5 Å². The Balaban J connectivity index is 1.86. The minimum atomic E-state index is -1.09. The molecule has 0 aliphatic carbocycles. The lowest BCUT2D eigenvalue weighted by atomic mass is 10.3. The lowest BCUT2D eigenvalue weighted by molar-refractivity contribution is -0.155. The second-order valence-corrected chi connectivity index (χ2v) is 6.24. The Hall–Kier alpha value is -2.80. The van der Waals surface area contributed by atoms with Crippen LogP contribution >= 0.6 is 11.6 Å². The van der Waals surface area contributed by atoms with Crippen molar-refractivity contribution in [2.45, 2.75) is 26.4 Å². The van der Waals surface area contributed by atoms with Gasteiger partial charge in [0.1, 0.15) is 5.82 Å². The number of halogens is 2. The summed E-state index contributed by atoms with van der Waals surface area (Å²) in [4.78, 5) is 24.1. The predicted octanol–water partition coefficient (Wildman–Crippen LogP) is 4.22. The van der Waals surface area contributed by atoms with Gasteiger partial charge in [0.25, 0.3) is 5.91 Å². The van der Waals surface area contributed by atoms with E-state index in [9.17, 15) is 14.0 Å². The highest BCUT2D eigenvalue weighted by Crippen LogP contribution is 2.26. The number of esters is 1. The molecule has 1 amide bonds. The maximum absolute atomic E-state index is 13.0. The van der Waals surface area contributed by atoms with E-state index in [1.165, 1.54) is 13.0 Å². The minimum absolute atomic E-state index is 0.0406. The maximum Gasteiger partial charge on any atom is 0.344 e. The molecule has 2 aromatic carbocycles. The van der Waals surface area contributed by atoms with E-state index in [1.807, 2.05) is 6.92 Å². The van der Waals surface area contributed by atoms with Gasteiger partial charge in [-0.1, -0.05) is 30.7 Å². The van der Waals surface area contributed by atoms with Crippen LogP contribution in [0.1, 0.15) is 20.3 Å². The third-order valence-corrected chi connectivity index (χ3v) is 3.84. The molecule has 0 aromatic heterocycles. The predicted molar refractivity (Wildman–Crippen MR) is 103 cm³/mol. The molecule has 0 saturated heterocycles. The van der Waals surface area contributed by atoms with Crippen LogP contribution in [-0.2, 0) is 14.3 Å². The van der Waals surface area contributed by atoms with E-state index < -0.39 is 23.8 Å². The number of nitrogens with one attached hydrogen (secondary N) is 1. The molecule has 6 nitrogen and oxygen atoms in total. The molecule has 0 spiro atoms. The van der Waals surface area contributed by atoms with Gasteiger partial charge < -0.3 is 19.5 Å². The fourth-order valence-electron chi connectivity index (χ4n) is 2.15. The van der Waals surface area contributed by atoms with Gasteiger partial charge in [-0.3, -0.25) is 4.79 Å². The second-order valence-electron chi connectivity index (χ2n) is 5.83. The van der Waals surface area contributed by atoms with E-state index in [1.54, 1.807) is 24.3 Å². The van der Waals surface area contributed by atoms with E-state index in [0.717, 1.165) is 18.6 Å². The molecule has 0 unspecified atom stereocenters. The van der Waals surface area contributed by atoms with Crippen molar-refractivity contribution in [2.24, 2.45) is 0 Å². The van der Waals surface area contributed by atoms with E-state index in [0.29, 0.717) is 18.1 Å². The van der Waals surface area contributed by atoms with Crippen molar-refractivity contribution in [3.05, 3.63) is 53.3 Å². The maximum atomic E-state index is 13.0. The number of carbonyl (C=O) groups is 2. The lowest BCUT2D eigenvalue weighted by Crippen LogP contribution is -2.31. The zero-order valence-corrected chi connectivity index (χ0v) is 16.3. The van der Waals surface area contributed by atoms with Gasteiger partial charge in [0.05, 0.1) is 17.3 Å². The summed E-state index contributed by atoms with van der Waals surface area (Å²) in [6, 6.07) is 10.5. The van der Waals surface area contributed by atoms with Crippen molar-refractivity contribution in [3.63, 3.8) is 0 Å². The standard InChI is InChI=1S/C20H21ClFNO5/c1-3-10-26-17-6-4-5-7-18(17)27-12-19(24)28-13(2)20(25)23-16-9-8-14(22)11-15(16)21/h4-9,11,13H,3,10,12H2,1-2H3,(H,23,25)/t13-/m1/s1. The van der Waals surface area contributed by atoms with Crippen molar-refractivity contribution in [2.75, 3.05) is 18.5 Å². The van der Waals surface area contributed by atoms with Crippen LogP contribution in [0.2, 0.25) is 5.02 Å². The molecular weight excluding hydrogens is 389 g/mol. The van der Waals surface area contributed by atoms with Crippen molar-refractivity contribution in [1.82, 2.24) is 0 Å². The molecule has 0 aliphatic rings. The Morgan fingerprint density at radius 2 is 1.82 bits per heavy atom. The van der Waals surface area contributed by atoms with Crippen LogP contribution in [0, 0.1) is 5.82 Å². The van der Waals surface area contributed by atoms with Crippen molar-refractivity contribution < 1.29 is 28.2 Å². The zero-order valence-electron chi connectivity index (χ0n) is 15.5. The molecule has 0 bridgehead atoms. The van der Waals surface area contributed by atoms with Gasteiger partial charge in [-0.05, 0) is 43.7 Å². The van der Waals surface area contributed by atoms with Crippen LogP contribution in [0.4, 0.5) is 10.1 Å². The Labute approximate surface area is 167 Å². The van der Waals surface area contributed by atoms with Crippen LogP contribution in [0.3, 0.4) is 0 Å². The van der Waals surface area contributed by atoms with Gasteiger partial charge in [0, 0.05) is 0 Å². The number of hydrogen-bond donors (Lipinski definition) is 1. The number of ether oxygens (including phenoxy) is 3. The topological polar surface area (TPSA) is 73.9 Å². The van der Waals surface area contributed by atoms with Crippen LogP contribution in [-0.4, -0.2) is 31.2 Å². The summed E-state index contributed by atoms with van der Waals surface area (Å²) < 4.78 is 29.1. The Bertz CT molecular complexity index is 830. The van der Waals surface area contributed by atoms with Crippen LogP contribution in [0.25, 0.3) is 0 Å². The first kappa shape index (κ1) is 21.5. The molecule has 1 N–H and O–H groups in total. The van der Waals surface area contributed by atoms with Gasteiger partial charge in [0.15, 0.2) is 24.2 Å². The summed E-state index contributed by atoms with van der Waals surface area (Å²) in [6.07, 6.45) is -0.259. The highest BCUT2D eigenvalue weighted by atomic mass is 35.5. The first-order valence-corrected chi connectivity index (χ1v) is 9.08. The van der Waals surface area contributed by atoms with Crippen LogP contribution in [0.15, 0.2) is 42.5 Å². The highest BCUT2D eigenvalue weighted by molar-refractivity contribution is 6.33. The smallest absolute Gasteiger partial charge is 0.344 e. The van der Waals surface area contributed by atoms with Crippen LogP contribution < -0.4 is 14.8 Å². The van der Waals surface area contributed by atoms with Gasteiger partial charge in [-0.25, -0.2) is 9.18 Å². The number of carbonyl (C=O) groups excluding carboxylic acids is 2. The van der Waals surface area contributed by atoms with Gasteiger partial charge >= 0.3 is 5.97 Å². The number of hydrogen-bond acceptors (Lipinski definition) is 5. The first-order valence-electron chi connectivity index (χ1n) is 8.70. The monoisotopic (exact) mass is 409 g/mol. The number of para-hydroxylation sites is 2. The van der Waals surface area contributed by atoms with Gasteiger partial charge in [-0.15, -0.1) is 0 Å². The number of amides is 1. The molecule has 0 aliphatic heterocycles. The van der Waals surface area contributed by atoms with Crippen molar-refractivity contribution >= 4 is 29.2 Å². The lowest BCUT2D eigenvalue weighted by Gasteiger charge is -2.15. The summed E-state index contributed by atoms with van der Waals surface area (Å²) in [6.45, 7) is 3.52. The summed E-state index contributed by atoms with van der Waals surface area (Å²) in [5, 5.41) is 2.51. The molecule has 150 valence electrons. The minimum Gasteiger partial charge on any atom is -0.490 e.